The van der Waals surface area contributed by atoms with Crippen LogP contribution in [0.1, 0.15) is 19.8 Å². The first-order valence-electron chi connectivity index (χ1n) is 3.70. The fourth-order valence-electron chi connectivity index (χ4n) is 0.491. The summed E-state index contributed by atoms with van der Waals surface area (Å²) < 4.78 is 39.3. The molecular weight excluding hydrogens is 203 g/mol. The van der Waals surface area contributed by atoms with Crippen molar-refractivity contribution in [2.45, 2.75) is 19.8 Å². The number of hydrogen-bond donors (Lipinski definition) is 0. The van der Waals surface area contributed by atoms with Crippen molar-refractivity contribution in [1.82, 2.24) is 0 Å². The molecule has 0 aromatic heterocycles. The molecule has 13 heavy (non-hydrogen) atoms. The van der Waals surface area contributed by atoms with Gasteiger partial charge in [-0.1, -0.05) is 17.2 Å². The summed E-state index contributed by atoms with van der Waals surface area (Å²) in [6, 6.07) is 0. The van der Waals surface area contributed by atoms with Crippen molar-refractivity contribution >= 4 is 16.5 Å². The third-order valence-electron chi connectivity index (χ3n) is 1.08. The average molecular weight is 214 g/mol. The average Bonchev–Trinajstić information content (AvgIpc) is 2.00. The summed E-state index contributed by atoms with van der Waals surface area (Å²) in [5.41, 5.74) is 0. The Labute approximate surface area is 76.2 Å². The zero-order valence-corrected chi connectivity index (χ0v) is 7.97. The second-order valence-electron chi connectivity index (χ2n) is 2.23. The molecule has 0 aliphatic heterocycles. The third kappa shape index (κ3) is 9.22. The van der Waals surface area contributed by atoms with E-state index in [1.165, 1.54) is 0 Å². The van der Waals surface area contributed by atoms with E-state index >= 15 is 0 Å². The Morgan fingerprint density at radius 2 is 2.08 bits per heavy atom. The summed E-state index contributed by atoms with van der Waals surface area (Å²) in [6.07, 6.45) is 1.52. The second-order valence-corrected chi connectivity index (χ2v) is 3.25. The van der Waals surface area contributed by atoms with Crippen LogP contribution in [0.4, 0.5) is 3.89 Å². The van der Waals surface area contributed by atoms with E-state index in [1.807, 2.05) is 6.92 Å². The van der Waals surface area contributed by atoms with E-state index in [4.69, 9.17) is 0 Å². The van der Waals surface area contributed by atoms with E-state index in [2.05, 4.69) is 8.92 Å². The van der Waals surface area contributed by atoms with Crippen molar-refractivity contribution in [3.05, 3.63) is 0 Å². The second kappa shape index (κ2) is 5.87. The highest BCUT2D eigenvalue weighted by molar-refractivity contribution is 7.81. The van der Waals surface area contributed by atoms with Gasteiger partial charge in [0.05, 0.1) is 6.61 Å². The molecule has 0 fully saturated rings. The number of rotatable bonds is 6. The monoisotopic (exact) mass is 214 g/mol. The summed E-state index contributed by atoms with van der Waals surface area (Å²) in [7, 11) is -5.05. The predicted octanol–water partition coefficient (Wildman–Crippen LogP) is 0.561. The van der Waals surface area contributed by atoms with Crippen LogP contribution in [0.25, 0.3) is 0 Å². The zero-order valence-electron chi connectivity index (χ0n) is 7.16. The van der Waals surface area contributed by atoms with Crippen molar-refractivity contribution in [3.8, 4) is 0 Å². The van der Waals surface area contributed by atoms with Crippen LogP contribution in [-0.2, 0) is 24.2 Å². The Morgan fingerprint density at radius 3 is 2.54 bits per heavy atom. The number of ether oxygens (including phenoxy) is 1. The minimum absolute atomic E-state index is 0.186. The van der Waals surface area contributed by atoms with Crippen LogP contribution >= 0.6 is 0 Å². The van der Waals surface area contributed by atoms with Gasteiger partial charge in [-0.15, -0.1) is 0 Å². The molecule has 0 amide bonds. The molecule has 7 heteroatoms. The molecule has 0 radical (unpaired) electrons. The topological polar surface area (TPSA) is 69.7 Å². The zero-order chi connectivity index (χ0) is 10.3. The van der Waals surface area contributed by atoms with E-state index in [-0.39, 0.29) is 6.61 Å². The highest BCUT2D eigenvalue weighted by atomic mass is 32.3. The van der Waals surface area contributed by atoms with Crippen LogP contribution in [0.3, 0.4) is 0 Å². The molecule has 0 saturated carbocycles. The molecule has 0 saturated heterocycles. The van der Waals surface area contributed by atoms with Gasteiger partial charge >= 0.3 is 16.5 Å². The summed E-state index contributed by atoms with van der Waals surface area (Å²) in [5.74, 6) is -0.894. The number of carbonyl (C=O) groups excluding carboxylic acids is 1. The molecule has 0 aromatic rings. The fraction of sp³-hybridized carbons (Fsp3) is 0.833. The highest BCUT2D eigenvalue weighted by Crippen LogP contribution is 1.95. The van der Waals surface area contributed by atoms with Crippen molar-refractivity contribution in [1.29, 1.82) is 0 Å². The fourth-order valence-corrected chi connectivity index (χ4v) is 0.727. The van der Waals surface area contributed by atoms with Crippen LogP contribution in [-0.4, -0.2) is 27.6 Å². The Hall–Kier alpha value is -0.690. The lowest BCUT2D eigenvalue weighted by molar-refractivity contribution is -0.146. The molecule has 0 atom stereocenters. The molecule has 0 unspecified atom stereocenters. The van der Waals surface area contributed by atoms with Crippen molar-refractivity contribution in [2.75, 3.05) is 13.2 Å². The number of halogens is 1. The van der Waals surface area contributed by atoms with Crippen molar-refractivity contribution in [2.24, 2.45) is 0 Å². The first kappa shape index (κ1) is 12.3. The minimum atomic E-state index is -5.05. The Morgan fingerprint density at radius 1 is 1.46 bits per heavy atom. The van der Waals surface area contributed by atoms with E-state index in [0.717, 1.165) is 6.42 Å². The van der Waals surface area contributed by atoms with Gasteiger partial charge in [-0.2, -0.15) is 8.42 Å². The molecule has 0 heterocycles. The van der Waals surface area contributed by atoms with Gasteiger partial charge in [0.15, 0.2) is 6.61 Å². The smallest absolute Gasteiger partial charge is 0.438 e. The van der Waals surface area contributed by atoms with E-state index in [0.29, 0.717) is 6.42 Å². The lowest BCUT2D eigenvalue weighted by Gasteiger charge is -2.01. The Kier molecular flexibility index (Phi) is 5.56. The quantitative estimate of drug-likeness (QED) is 0.367. The normalized spacial score (nSPS) is 11.2. The van der Waals surface area contributed by atoms with Gasteiger partial charge in [0.25, 0.3) is 0 Å². The Bertz CT molecular complexity index is 248. The molecule has 5 nitrogen and oxygen atoms in total. The minimum Gasteiger partial charge on any atom is -0.464 e. The molecule has 0 rings (SSSR count). The first-order chi connectivity index (χ1) is 5.95. The standard InChI is InChI=1S/C6H11FO5S/c1-2-3-4-11-6(8)5-12-13(7,9)10/h2-5H2,1H3. The number of carbonyl (C=O) groups is 1. The van der Waals surface area contributed by atoms with Crippen LogP contribution in [0, 0.1) is 0 Å². The largest absolute Gasteiger partial charge is 0.464 e. The Balaban J connectivity index is 3.53. The molecule has 0 aliphatic carbocycles. The highest BCUT2D eigenvalue weighted by Gasteiger charge is 2.11. The maximum Gasteiger partial charge on any atom is 0.438 e. The molecular formula is C6H11FO5S. The summed E-state index contributed by atoms with van der Waals surface area (Å²) in [4.78, 5) is 10.6. The number of unbranched alkanes of at least 4 members (excludes halogenated alkanes) is 1. The molecule has 0 aliphatic rings. The molecule has 0 bridgehead atoms. The van der Waals surface area contributed by atoms with Crippen LogP contribution in [0.15, 0.2) is 0 Å². The molecule has 78 valence electrons. The van der Waals surface area contributed by atoms with Crippen molar-refractivity contribution < 1.29 is 26.0 Å². The molecule has 0 aromatic carbocycles. The van der Waals surface area contributed by atoms with Gasteiger partial charge in [0.2, 0.25) is 0 Å². The van der Waals surface area contributed by atoms with Crippen LogP contribution in [0.2, 0.25) is 0 Å². The first-order valence-corrected chi connectivity index (χ1v) is 5.01. The lowest BCUT2D eigenvalue weighted by atomic mass is 10.4. The van der Waals surface area contributed by atoms with E-state index < -0.39 is 23.1 Å². The van der Waals surface area contributed by atoms with Crippen LogP contribution < -0.4 is 0 Å². The van der Waals surface area contributed by atoms with E-state index in [9.17, 15) is 17.1 Å². The van der Waals surface area contributed by atoms with Crippen LogP contribution in [0.5, 0.6) is 0 Å². The predicted molar refractivity (Wildman–Crippen MR) is 41.8 cm³/mol. The molecule has 0 spiro atoms. The van der Waals surface area contributed by atoms with Crippen molar-refractivity contribution in [3.63, 3.8) is 0 Å². The van der Waals surface area contributed by atoms with Gasteiger partial charge < -0.3 is 4.74 Å². The lowest BCUT2D eigenvalue weighted by Crippen LogP contribution is -2.15. The summed E-state index contributed by atoms with van der Waals surface area (Å²) >= 11 is 0. The maximum atomic E-state index is 11.7. The SMILES string of the molecule is CCCCOC(=O)COS(=O)(=O)F. The van der Waals surface area contributed by atoms with Gasteiger partial charge in [0.1, 0.15) is 0 Å². The number of hydrogen-bond acceptors (Lipinski definition) is 5. The maximum absolute atomic E-state index is 11.7. The number of esters is 1. The van der Waals surface area contributed by atoms with Gasteiger partial charge in [-0.3, -0.25) is 0 Å². The van der Waals surface area contributed by atoms with Gasteiger partial charge in [0, 0.05) is 0 Å². The van der Waals surface area contributed by atoms with Gasteiger partial charge in [-0.25, -0.2) is 8.98 Å². The third-order valence-corrected chi connectivity index (χ3v) is 1.48. The summed E-state index contributed by atoms with van der Waals surface area (Å²) in [6.45, 7) is 1.17. The summed E-state index contributed by atoms with van der Waals surface area (Å²) in [5, 5.41) is 0. The van der Waals surface area contributed by atoms with Gasteiger partial charge in [-0.05, 0) is 6.42 Å². The van der Waals surface area contributed by atoms with E-state index in [1.54, 1.807) is 0 Å². The molecule has 0 N–H and O–H groups in total.